The van der Waals surface area contributed by atoms with Crippen molar-refractivity contribution in [3.05, 3.63) is 10.6 Å². The minimum Gasteiger partial charge on any atom is -0.388 e. The fourth-order valence-corrected chi connectivity index (χ4v) is 1.99. The number of aliphatic hydroxyl groups is 1. The molecule has 1 unspecified atom stereocenters. The summed E-state index contributed by atoms with van der Waals surface area (Å²) in [6.45, 7) is -0.338. The van der Waals surface area contributed by atoms with Crippen LogP contribution in [0, 0.1) is 4.77 Å². The average Bonchev–Trinajstić information content (AvgIpc) is 2.74. The third-order valence-corrected chi connectivity index (χ3v) is 2.88. The molecule has 0 saturated carbocycles. The number of hydrogen-bond acceptors (Lipinski definition) is 5. The average molecular weight is 242 g/mol. The molecule has 0 aromatic carbocycles. The molecule has 86 valence electrons. The molecule has 1 aliphatic rings. The van der Waals surface area contributed by atoms with Gasteiger partial charge in [0.15, 0.2) is 10.6 Å². The van der Waals surface area contributed by atoms with Crippen LogP contribution in [0.4, 0.5) is 0 Å². The predicted molar refractivity (Wildman–Crippen MR) is 54.8 cm³/mol. The second-order valence-corrected chi connectivity index (χ2v) is 3.87. The Kier molecular flexibility index (Phi) is 2.60. The van der Waals surface area contributed by atoms with E-state index in [0.29, 0.717) is 0 Å². The number of rotatable bonds is 2. The van der Waals surface area contributed by atoms with E-state index in [1.54, 1.807) is 0 Å². The molecule has 1 aromatic heterocycles. The van der Waals surface area contributed by atoms with E-state index < -0.39 is 6.04 Å². The number of nitrogens with one attached hydrogen (secondary N) is 1. The maximum atomic E-state index is 11.7. The second-order valence-electron chi connectivity index (χ2n) is 3.48. The van der Waals surface area contributed by atoms with Gasteiger partial charge in [0.05, 0.1) is 6.42 Å². The Morgan fingerprint density at radius 2 is 2.31 bits per heavy atom. The van der Waals surface area contributed by atoms with Gasteiger partial charge in [-0.2, -0.15) is 5.10 Å². The van der Waals surface area contributed by atoms with E-state index in [9.17, 15) is 9.59 Å². The quantitative estimate of drug-likeness (QED) is 0.532. The van der Waals surface area contributed by atoms with Crippen molar-refractivity contribution in [3.63, 3.8) is 0 Å². The lowest BCUT2D eigenvalue weighted by Crippen LogP contribution is -2.27. The summed E-state index contributed by atoms with van der Waals surface area (Å²) in [5, 5.41) is 15.3. The van der Waals surface area contributed by atoms with E-state index in [1.807, 2.05) is 0 Å². The summed E-state index contributed by atoms with van der Waals surface area (Å²) in [4.78, 5) is 24.2. The highest BCUT2D eigenvalue weighted by atomic mass is 32.1. The van der Waals surface area contributed by atoms with Gasteiger partial charge in [0.2, 0.25) is 5.91 Å². The fraction of sp³-hybridized carbons (Fsp3) is 0.500. The van der Waals surface area contributed by atoms with Crippen LogP contribution >= 0.6 is 12.2 Å². The molecule has 7 nitrogen and oxygen atoms in total. The molecule has 0 aliphatic carbocycles. The third kappa shape index (κ3) is 1.46. The number of aromatic amines is 1. The molecule has 16 heavy (non-hydrogen) atoms. The van der Waals surface area contributed by atoms with Crippen LogP contribution in [0.2, 0.25) is 0 Å². The summed E-state index contributed by atoms with van der Waals surface area (Å²) in [6, 6.07) is -0.689. The molecule has 8 heteroatoms. The van der Waals surface area contributed by atoms with Crippen LogP contribution in [0.25, 0.3) is 0 Å². The third-order valence-electron chi connectivity index (χ3n) is 2.59. The maximum absolute atomic E-state index is 11.7. The molecule has 2 heterocycles. The molecule has 1 aromatic rings. The molecule has 0 bridgehead atoms. The van der Waals surface area contributed by atoms with Gasteiger partial charge >= 0.3 is 0 Å². The van der Waals surface area contributed by atoms with Crippen LogP contribution in [0.3, 0.4) is 0 Å². The summed E-state index contributed by atoms with van der Waals surface area (Å²) >= 11 is 4.96. The summed E-state index contributed by atoms with van der Waals surface area (Å²) in [7, 11) is 1.42. The van der Waals surface area contributed by atoms with Gasteiger partial charge in [-0.05, 0) is 12.2 Å². The number of carbonyl (C=O) groups excluding carboxylic acids is 2. The molecule has 0 spiro atoms. The van der Waals surface area contributed by atoms with Gasteiger partial charge < -0.3 is 5.11 Å². The molecule has 2 rings (SSSR count). The Morgan fingerprint density at radius 3 is 2.81 bits per heavy atom. The second kappa shape index (κ2) is 3.80. The van der Waals surface area contributed by atoms with Crippen LogP contribution in [0.1, 0.15) is 18.3 Å². The number of H-pyrrole nitrogens is 1. The summed E-state index contributed by atoms with van der Waals surface area (Å²) in [6.07, 6.45) is 0.0518. The van der Waals surface area contributed by atoms with Crippen LogP contribution in [0.5, 0.6) is 0 Å². The van der Waals surface area contributed by atoms with Crippen molar-refractivity contribution < 1.29 is 14.7 Å². The zero-order chi connectivity index (χ0) is 11.9. The molecular formula is C8H10N4O3S. The molecule has 1 atom stereocenters. The number of imide groups is 1. The number of carbonyl (C=O) groups is 2. The van der Waals surface area contributed by atoms with Gasteiger partial charge in [0.1, 0.15) is 12.6 Å². The van der Waals surface area contributed by atoms with Gasteiger partial charge in [-0.1, -0.05) is 0 Å². The maximum Gasteiger partial charge on any atom is 0.252 e. The number of nitrogens with zero attached hydrogens (tertiary/aromatic N) is 3. The predicted octanol–water partition coefficient (Wildman–Crippen LogP) is -0.637. The Labute approximate surface area is 95.7 Å². The number of likely N-dealkylation sites (tertiary alicyclic amines) is 1. The topological polar surface area (TPSA) is 91.2 Å². The van der Waals surface area contributed by atoms with Gasteiger partial charge in [0.25, 0.3) is 5.91 Å². The van der Waals surface area contributed by atoms with E-state index in [4.69, 9.17) is 17.3 Å². The number of likely N-dealkylation sites (N-methyl/N-ethyl adjacent to an activating group) is 1. The first-order chi connectivity index (χ1) is 7.56. The van der Waals surface area contributed by atoms with Gasteiger partial charge in [-0.15, -0.1) is 0 Å². The Morgan fingerprint density at radius 1 is 1.62 bits per heavy atom. The first kappa shape index (κ1) is 11.0. The zero-order valence-corrected chi connectivity index (χ0v) is 9.32. The number of hydrogen-bond donors (Lipinski definition) is 2. The van der Waals surface area contributed by atoms with Crippen LogP contribution in [-0.4, -0.2) is 43.6 Å². The number of aliphatic hydroxyl groups excluding tert-OH is 1. The van der Waals surface area contributed by atoms with Crippen molar-refractivity contribution in [2.45, 2.75) is 19.1 Å². The fourth-order valence-electron chi connectivity index (χ4n) is 1.71. The SMILES string of the molecule is CN1C(=O)CC(n2c(CO)n[nH]c2=S)C1=O. The van der Waals surface area contributed by atoms with E-state index in [0.717, 1.165) is 4.90 Å². The van der Waals surface area contributed by atoms with Gasteiger partial charge in [0, 0.05) is 7.05 Å². The molecule has 2 N–H and O–H groups in total. The van der Waals surface area contributed by atoms with Crippen LogP contribution in [0.15, 0.2) is 0 Å². The highest BCUT2D eigenvalue weighted by Gasteiger charge is 2.38. The van der Waals surface area contributed by atoms with Crippen molar-refractivity contribution in [1.82, 2.24) is 19.7 Å². The number of amides is 2. The van der Waals surface area contributed by atoms with Gasteiger partial charge in [-0.25, -0.2) is 0 Å². The number of aromatic nitrogens is 3. The summed E-state index contributed by atoms with van der Waals surface area (Å²) < 4.78 is 1.62. The van der Waals surface area contributed by atoms with E-state index in [2.05, 4.69) is 10.2 Å². The van der Waals surface area contributed by atoms with Crippen molar-refractivity contribution in [1.29, 1.82) is 0 Å². The zero-order valence-electron chi connectivity index (χ0n) is 8.51. The lowest BCUT2D eigenvalue weighted by atomic mass is 10.2. The molecule has 0 radical (unpaired) electrons. The van der Waals surface area contributed by atoms with Crippen molar-refractivity contribution in [2.75, 3.05) is 7.05 Å². The molecule has 1 saturated heterocycles. The largest absolute Gasteiger partial charge is 0.388 e. The first-order valence-corrected chi connectivity index (χ1v) is 5.04. The minimum absolute atomic E-state index is 0.0518. The lowest BCUT2D eigenvalue weighted by Gasteiger charge is -2.11. The normalized spacial score (nSPS) is 20.9. The van der Waals surface area contributed by atoms with Gasteiger partial charge in [-0.3, -0.25) is 24.2 Å². The highest BCUT2D eigenvalue weighted by Crippen LogP contribution is 2.24. The lowest BCUT2D eigenvalue weighted by molar-refractivity contribution is -0.137. The Bertz CT molecular complexity index is 506. The van der Waals surface area contributed by atoms with Crippen LogP contribution in [-0.2, 0) is 16.2 Å². The van der Waals surface area contributed by atoms with Crippen molar-refractivity contribution in [2.24, 2.45) is 0 Å². The standard InChI is InChI=1S/C8H10N4O3S/c1-11-6(14)2-4(7(11)15)12-5(3-13)9-10-8(12)16/h4,13H,2-3H2,1H3,(H,10,16). The molecular weight excluding hydrogens is 232 g/mol. The molecule has 2 amide bonds. The van der Waals surface area contributed by atoms with E-state index >= 15 is 0 Å². The van der Waals surface area contributed by atoms with E-state index in [1.165, 1.54) is 11.6 Å². The van der Waals surface area contributed by atoms with Crippen molar-refractivity contribution >= 4 is 24.0 Å². The minimum atomic E-state index is -0.689. The highest BCUT2D eigenvalue weighted by molar-refractivity contribution is 7.71. The Hall–Kier alpha value is -1.54. The summed E-state index contributed by atoms with van der Waals surface area (Å²) in [5.41, 5.74) is 0. The van der Waals surface area contributed by atoms with Crippen LogP contribution < -0.4 is 0 Å². The van der Waals surface area contributed by atoms with Crippen molar-refractivity contribution in [3.8, 4) is 0 Å². The summed E-state index contributed by atoms with van der Waals surface area (Å²) in [5.74, 6) is -0.342. The molecule has 1 fully saturated rings. The monoisotopic (exact) mass is 242 g/mol. The molecule has 1 aliphatic heterocycles. The van der Waals surface area contributed by atoms with E-state index in [-0.39, 0.29) is 35.4 Å². The smallest absolute Gasteiger partial charge is 0.252 e. The first-order valence-electron chi connectivity index (χ1n) is 4.63. The Balaban J connectivity index is 2.46.